The second-order valence-electron chi connectivity index (χ2n) is 7.22. The summed E-state index contributed by atoms with van der Waals surface area (Å²) in [4.78, 5) is 15.5. The van der Waals surface area contributed by atoms with Crippen molar-refractivity contribution in [2.45, 2.75) is 38.1 Å². The van der Waals surface area contributed by atoms with Crippen molar-refractivity contribution in [3.8, 4) is 11.1 Å². The molecule has 0 unspecified atom stereocenters. The molecule has 0 aliphatic rings. The molecule has 8 nitrogen and oxygen atoms in total. The first-order chi connectivity index (χ1) is 12.5. The van der Waals surface area contributed by atoms with Crippen molar-refractivity contribution in [2.75, 3.05) is 5.32 Å². The van der Waals surface area contributed by atoms with Crippen LogP contribution in [0.25, 0.3) is 16.8 Å². The number of benzene rings is 1. The Kier molecular flexibility index (Phi) is 4.75. The summed E-state index contributed by atoms with van der Waals surface area (Å²) in [7, 11) is -3.63. The van der Waals surface area contributed by atoms with Gasteiger partial charge in [-0.25, -0.2) is 17.7 Å². The number of carbonyl (C=O) groups is 1. The molecule has 0 saturated heterocycles. The zero-order valence-electron chi connectivity index (χ0n) is 15.5. The third-order valence-electron chi connectivity index (χ3n) is 3.54. The van der Waals surface area contributed by atoms with E-state index in [0.717, 1.165) is 11.1 Å². The number of fused-ring (bicyclic) bond motifs is 1. The second-order valence-corrected chi connectivity index (χ2v) is 8.90. The number of hydrogen-bond acceptors (Lipinski definition) is 5. The Morgan fingerprint density at radius 1 is 1.11 bits per heavy atom. The zero-order valence-corrected chi connectivity index (χ0v) is 16.3. The molecule has 0 saturated carbocycles. The third kappa shape index (κ3) is 4.50. The molecule has 0 aliphatic heterocycles. The fourth-order valence-electron chi connectivity index (χ4n) is 2.57. The van der Waals surface area contributed by atoms with E-state index in [1.165, 1.54) is 11.4 Å². The molecule has 9 heteroatoms. The molecule has 3 aromatic rings. The van der Waals surface area contributed by atoms with Crippen LogP contribution in [0.3, 0.4) is 0 Å². The number of rotatable bonds is 4. The minimum Gasteiger partial charge on any atom is -0.293 e. The summed E-state index contributed by atoms with van der Waals surface area (Å²) in [6, 6.07) is 10.3. The van der Waals surface area contributed by atoms with Gasteiger partial charge in [0.15, 0.2) is 5.65 Å². The van der Waals surface area contributed by atoms with Crippen LogP contribution in [-0.4, -0.2) is 34.5 Å². The number of sulfonamides is 1. The van der Waals surface area contributed by atoms with Crippen LogP contribution in [0.5, 0.6) is 0 Å². The highest BCUT2D eigenvalue weighted by Gasteiger charge is 2.22. The third-order valence-corrected chi connectivity index (χ3v) is 5.29. The highest BCUT2D eigenvalue weighted by atomic mass is 32.2. The molecule has 2 aromatic heterocycles. The van der Waals surface area contributed by atoms with Gasteiger partial charge in [-0.2, -0.15) is 4.98 Å². The van der Waals surface area contributed by atoms with Gasteiger partial charge in [-0.3, -0.25) is 10.1 Å². The zero-order chi connectivity index (χ0) is 19.8. The Hall–Kier alpha value is -2.78. The van der Waals surface area contributed by atoms with Crippen LogP contribution in [0.2, 0.25) is 0 Å². The molecule has 0 radical (unpaired) electrons. The molecule has 27 heavy (non-hydrogen) atoms. The first kappa shape index (κ1) is 19.0. The minimum absolute atomic E-state index is 0.188. The maximum absolute atomic E-state index is 12.6. The molecular formula is C18H21N5O3S. The van der Waals surface area contributed by atoms with Gasteiger partial charge >= 0.3 is 0 Å². The number of nitrogens with zero attached hydrogens (tertiary/aromatic N) is 3. The van der Waals surface area contributed by atoms with Crippen molar-refractivity contribution < 1.29 is 13.2 Å². The molecule has 2 heterocycles. The molecule has 3 rings (SSSR count). The number of anilines is 1. The summed E-state index contributed by atoms with van der Waals surface area (Å²) in [5.41, 5.74) is 1.50. The predicted octanol–water partition coefficient (Wildman–Crippen LogP) is 2.43. The number of nitrogens with one attached hydrogen (secondary N) is 2. The van der Waals surface area contributed by atoms with E-state index in [1.54, 1.807) is 51.2 Å². The molecule has 1 amide bonds. The van der Waals surface area contributed by atoms with Crippen LogP contribution in [0.4, 0.5) is 5.95 Å². The van der Waals surface area contributed by atoms with Gasteiger partial charge in [-0.1, -0.05) is 12.1 Å². The molecule has 1 aromatic carbocycles. The Morgan fingerprint density at radius 3 is 2.52 bits per heavy atom. The van der Waals surface area contributed by atoms with Crippen LogP contribution in [0, 0.1) is 0 Å². The van der Waals surface area contributed by atoms with Crippen LogP contribution in [-0.2, 0) is 14.8 Å². The highest BCUT2D eigenvalue weighted by molar-refractivity contribution is 7.89. The lowest BCUT2D eigenvalue weighted by molar-refractivity contribution is -0.114. The summed E-state index contributed by atoms with van der Waals surface area (Å²) in [5.74, 6) is -0.0410. The van der Waals surface area contributed by atoms with Crippen molar-refractivity contribution in [3.63, 3.8) is 0 Å². The van der Waals surface area contributed by atoms with Gasteiger partial charge in [0.05, 0.1) is 4.90 Å². The van der Waals surface area contributed by atoms with Crippen LogP contribution in [0.15, 0.2) is 47.5 Å². The predicted molar refractivity (Wildman–Crippen MR) is 103 cm³/mol. The number of carbonyl (C=O) groups excluding carboxylic acids is 1. The van der Waals surface area contributed by atoms with Crippen molar-refractivity contribution >= 4 is 27.5 Å². The van der Waals surface area contributed by atoms with Gasteiger partial charge in [0.1, 0.15) is 0 Å². The van der Waals surface area contributed by atoms with E-state index in [-0.39, 0.29) is 16.8 Å². The number of aromatic nitrogens is 3. The molecule has 0 fully saturated rings. The quantitative estimate of drug-likeness (QED) is 0.715. The molecule has 0 bridgehead atoms. The lowest BCUT2D eigenvalue weighted by Crippen LogP contribution is -2.40. The Bertz CT molecular complexity index is 1110. The molecule has 2 N–H and O–H groups in total. The Labute approximate surface area is 157 Å². The molecule has 0 spiro atoms. The Balaban J connectivity index is 1.98. The average molecular weight is 387 g/mol. The largest absolute Gasteiger partial charge is 0.293 e. The Morgan fingerprint density at radius 2 is 1.85 bits per heavy atom. The summed E-state index contributed by atoms with van der Waals surface area (Å²) in [5, 5.41) is 6.74. The molecule has 0 atom stereocenters. The van der Waals surface area contributed by atoms with Gasteiger partial charge in [-0.05, 0) is 50.6 Å². The number of pyridine rings is 1. The van der Waals surface area contributed by atoms with Crippen molar-refractivity contribution in [1.82, 2.24) is 19.3 Å². The van der Waals surface area contributed by atoms with E-state index < -0.39 is 15.6 Å². The summed E-state index contributed by atoms with van der Waals surface area (Å²) in [6.45, 7) is 6.76. The van der Waals surface area contributed by atoms with Crippen molar-refractivity contribution in [3.05, 3.63) is 42.6 Å². The fraction of sp³-hybridized carbons (Fsp3) is 0.278. The van der Waals surface area contributed by atoms with E-state index >= 15 is 0 Å². The average Bonchev–Trinajstić information content (AvgIpc) is 2.93. The molecule has 0 aliphatic carbocycles. The van der Waals surface area contributed by atoms with E-state index in [1.807, 2.05) is 12.1 Å². The van der Waals surface area contributed by atoms with Gasteiger partial charge in [0.25, 0.3) is 0 Å². The molecular weight excluding hydrogens is 366 g/mol. The monoisotopic (exact) mass is 387 g/mol. The van der Waals surface area contributed by atoms with E-state index in [0.29, 0.717) is 5.65 Å². The first-order valence-electron chi connectivity index (χ1n) is 8.32. The topological polar surface area (TPSA) is 105 Å². The summed E-state index contributed by atoms with van der Waals surface area (Å²) < 4.78 is 29.3. The van der Waals surface area contributed by atoms with E-state index in [2.05, 4.69) is 20.1 Å². The lowest BCUT2D eigenvalue weighted by Gasteiger charge is -2.20. The van der Waals surface area contributed by atoms with E-state index in [9.17, 15) is 13.2 Å². The van der Waals surface area contributed by atoms with Gasteiger partial charge in [-0.15, -0.1) is 5.10 Å². The maximum atomic E-state index is 12.6. The fourth-order valence-corrected chi connectivity index (χ4v) is 4.03. The van der Waals surface area contributed by atoms with Gasteiger partial charge in [0.2, 0.25) is 21.9 Å². The standard InChI is InChI=1S/C18H21N5O3S/c1-12(24)19-17-20-16-9-8-14(11-23(16)21-17)13-6-5-7-15(10-13)27(25,26)22-18(2,3)4/h5-11,22H,1-4H3,(H,19,21,24). The van der Waals surface area contributed by atoms with Gasteiger partial charge in [0, 0.05) is 24.2 Å². The maximum Gasteiger partial charge on any atom is 0.249 e. The number of hydrogen-bond donors (Lipinski definition) is 2. The first-order valence-corrected chi connectivity index (χ1v) is 9.80. The molecule has 142 valence electrons. The van der Waals surface area contributed by atoms with Gasteiger partial charge < -0.3 is 0 Å². The van der Waals surface area contributed by atoms with Crippen LogP contribution in [0.1, 0.15) is 27.7 Å². The highest BCUT2D eigenvalue weighted by Crippen LogP contribution is 2.24. The normalized spacial score (nSPS) is 12.3. The minimum atomic E-state index is -3.63. The van der Waals surface area contributed by atoms with Crippen molar-refractivity contribution in [1.29, 1.82) is 0 Å². The smallest absolute Gasteiger partial charge is 0.249 e. The number of amides is 1. The van der Waals surface area contributed by atoms with Crippen LogP contribution < -0.4 is 10.0 Å². The second kappa shape index (κ2) is 6.75. The summed E-state index contributed by atoms with van der Waals surface area (Å²) in [6.07, 6.45) is 1.73. The van der Waals surface area contributed by atoms with Crippen molar-refractivity contribution in [2.24, 2.45) is 0 Å². The summed E-state index contributed by atoms with van der Waals surface area (Å²) >= 11 is 0. The van der Waals surface area contributed by atoms with Crippen LogP contribution >= 0.6 is 0 Å². The van der Waals surface area contributed by atoms with E-state index in [4.69, 9.17) is 0 Å². The SMILES string of the molecule is CC(=O)Nc1nc2ccc(-c3cccc(S(=O)(=O)NC(C)(C)C)c3)cn2n1. The lowest BCUT2D eigenvalue weighted by atomic mass is 10.1.